The Hall–Kier alpha value is -5.52. The molecule has 0 aliphatic heterocycles. The molecule has 0 aliphatic rings. The molecule has 3 aromatic rings. The molecule has 17 nitrogen and oxygen atoms in total. The Bertz CT molecular complexity index is 1640. The van der Waals surface area contributed by atoms with Gasteiger partial charge in [-0.2, -0.15) is 0 Å². The Morgan fingerprint density at radius 1 is 0.820 bits per heavy atom. The predicted molar refractivity (Wildman–Crippen MR) is 184 cm³/mol. The van der Waals surface area contributed by atoms with Gasteiger partial charge >= 0.3 is 5.97 Å². The summed E-state index contributed by atoms with van der Waals surface area (Å²) in [5, 5.41) is 40.3. The number of nitrogens with zero attached hydrogens (tertiary/aromatic N) is 1. The predicted octanol–water partition coefficient (Wildman–Crippen LogP) is -2.27. The molecule has 0 unspecified atom stereocenters. The number of amides is 4. The summed E-state index contributed by atoms with van der Waals surface area (Å²) < 4.78 is 0. The number of hydrogen-bond acceptors (Lipinski definition) is 9. The van der Waals surface area contributed by atoms with Crippen LogP contribution in [0.2, 0.25) is 0 Å². The van der Waals surface area contributed by atoms with Crippen LogP contribution >= 0.6 is 0 Å². The normalized spacial score (nSPS) is 14.6. The molecular weight excluding hydrogens is 650 g/mol. The van der Waals surface area contributed by atoms with Crippen molar-refractivity contribution in [1.82, 2.24) is 26.3 Å². The molecule has 0 radical (unpaired) electrons. The van der Waals surface area contributed by atoms with Crippen molar-refractivity contribution in [3.8, 4) is 0 Å². The second-order valence-corrected chi connectivity index (χ2v) is 11.7. The van der Waals surface area contributed by atoms with Crippen molar-refractivity contribution in [3.63, 3.8) is 0 Å². The SMILES string of the molecule is C[C@@H](O)[C@H](NC(=O)[C@H](Cc1c[nH]c2ccccc12)NC(=O)[C@H](Cc1ccccc1)NC(=O)[C@@H](N)CO)C(=O)N[C@@H](CCCN=C(N)N)C(=O)O. The van der Waals surface area contributed by atoms with E-state index in [0.29, 0.717) is 11.1 Å². The van der Waals surface area contributed by atoms with Crippen molar-refractivity contribution >= 4 is 46.5 Å². The average Bonchev–Trinajstić information content (AvgIpc) is 3.49. The minimum Gasteiger partial charge on any atom is -0.480 e. The first-order chi connectivity index (χ1) is 23.8. The summed E-state index contributed by atoms with van der Waals surface area (Å²) in [6.45, 7) is 0.687. The first-order valence-corrected chi connectivity index (χ1v) is 15.9. The molecule has 6 atom stereocenters. The van der Waals surface area contributed by atoms with Crippen molar-refractivity contribution in [1.29, 1.82) is 0 Å². The number of hydrogen-bond donors (Lipinski definition) is 11. The number of fused-ring (bicyclic) bond motifs is 1. The van der Waals surface area contributed by atoms with Gasteiger partial charge in [-0.1, -0.05) is 48.5 Å². The standard InChI is InChI=1S/C33H45N9O8/c1-18(44)27(31(48)39-24(32(49)50)12-7-13-37-33(35)36)42-30(47)26(15-20-16-38-23-11-6-5-10-21(20)23)41-29(46)25(40-28(45)22(34)17-43)14-19-8-3-2-4-9-19/h2-6,8-11,16,18,22,24-27,38,43-44H,7,12-15,17,34H2,1H3,(H,39,48)(H,40,45)(H,41,46)(H,42,47)(H,49,50)(H4,35,36,37)/t18-,22+,24+,25+,26+,27+/m1/s1. The maximum atomic E-state index is 13.9. The minimum atomic E-state index is -1.62. The molecule has 0 fully saturated rings. The summed E-state index contributed by atoms with van der Waals surface area (Å²) in [5.74, 6) is -4.94. The third-order valence-electron chi connectivity index (χ3n) is 7.80. The van der Waals surface area contributed by atoms with Gasteiger partial charge in [0.1, 0.15) is 30.2 Å². The molecule has 14 N–H and O–H groups in total. The zero-order valence-electron chi connectivity index (χ0n) is 27.5. The Morgan fingerprint density at radius 3 is 2.06 bits per heavy atom. The highest BCUT2D eigenvalue weighted by molar-refractivity contribution is 5.96. The van der Waals surface area contributed by atoms with Crippen molar-refractivity contribution in [3.05, 3.63) is 71.9 Å². The zero-order valence-corrected chi connectivity index (χ0v) is 27.5. The molecule has 270 valence electrons. The number of aliphatic hydroxyl groups is 2. The molecular formula is C33H45N9O8. The van der Waals surface area contributed by atoms with E-state index in [0.717, 1.165) is 10.9 Å². The number of nitrogens with one attached hydrogen (secondary N) is 5. The number of H-pyrrole nitrogens is 1. The van der Waals surface area contributed by atoms with Gasteiger partial charge in [0.2, 0.25) is 23.6 Å². The molecule has 4 amide bonds. The lowest BCUT2D eigenvalue weighted by atomic mass is 10.0. The lowest BCUT2D eigenvalue weighted by molar-refractivity contribution is -0.143. The number of aliphatic carboxylic acids is 1. The maximum absolute atomic E-state index is 13.9. The summed E-state index contributed by atoms with van der Waals surface area (Å²) in [5.41, 5.74) is 18.4. The largest absolute Gasteiger partial charge is 0.480 e. The highest BCUT2D eigenvalue weighted by Crippen LogP contribution is 2.19. The van der Waals surface area contributed by atoms with Crippen molar-refractivity contribution in [2.75, 3.05) is 13.2 Å². The number of benzene rings is 2. The quantitative estimate of drug-likeness (QED) is 0.0361. The van der Waals surface area contributed by atoms with E-state index in [4.69, 9.17) is 17.2 Å². The third kappa shape index (κ3) is 11.6. The van der Waals surface area contributed by atoms with Crippen LogP contribution in [0, 0.1) is 0 Å². The van der Waals surface area contributed by atoms with Gasteiger partial charge in [0.05, 0.1) is 12.7 Å². The number of nitrogens with two attached hydrogens (primary N) is 3. The molecule has 0 spiro atoms. The summed E-state index contributed by atoms with van der Waals surface area (Å²) in [6.07, 6.45) is 0.274. The minimum absolute atomic E-state index is 0.0104. The fourth-order valence-corrected chi connectivity index (χ4v) is 5.10. The van der Waals surface area contributed by atoms with Gasteiger partial charge in [0.15, 0.2) is 5.96 Å². The lowest BCUT2D eigenvalue weighted by Crippen LogP contribution is -2.61. The van der Waals surface area contributed by atoms with Crippen LogP contribution in [-0.4, -0.2) is 105 Å². The number of aromatic nitrogens is 1. The average molecular weight is 696 g/mol. The fourth-order valence-electron chi connectivity index (χ4n) is 5.10. The first kappa shape index (κ1) is 38.9. The lowest BCUT2D eigenvalue weighted by Gasteiger charge is -2.27. The smallest absolute Gasteiger partial charge is 0.326 e. The highest BCUT2D eigenvalue weighted by Gasteiger charge is 2.34. The van der Waals surface area contributed by atoms with E-state index in [1.54, 1.807) is 42.6 Å². The van der Waals surface area contributed by atoms with E-state index >= 15 is 0 Å². The molecule has 0 bridgehead atoms. The molecule has 2 aromatic carbocycles. The van der Waals surface area contributed by atoms with Crippen molar-refractivity contribution in [2.45, 2.75) is 68.9 Å². The van der Waals surface area contributed by atoms with Crippen LogP contribution in [0.1, 0.15) is 30.9 Å². The van der Waals surface area contributed by atoms with Crippen LogP contribution in [-0.2, 0) is 36.8 Å². The van der Waals surface area contributed by atoms with E-state index in [1.807, 2.05) is 18.2 Å². The summed E-state index contributed by atoms with van der Waals surface area (Å²) in [7, 11) is 0. The number of aliphatic hydroxyl groups excluding tert-OH is 2. The van der Waals surface area contributed by atoms with Gasteiger partial charge in [-0.25, -0.2) is 4.79 Å². The molecule has 3 rings (SSSR count). The summed E-state index contributed by atoms with van der Waals surface area (Å²) in [6, 6.07) is 9.13. The van der Waals surface area contributed by atoms with Crippen molar-refractivity contribution < 1.29 is 39.3 Å². The number of carbonyl (C=O) groups excluding carboxylic acids is 4. The number of aliphatic imine (C=N–C) groups is 1. The van der Waals surface area contributed by atoms with E-state index in [1.165, 1.54) is 6.92 Å². The zero-order chi connectivity index (χ0) is 36.8. The number of para-hydroxylation sites is 1. The highest BCUT2D eigenvalue weighted by atomic mass is 16.4. The van der Waals surface area contributed by atoms with Gasteiger partial charge < -0.3 is 58.8 Å². The van der Waals surface area contributed by atoms with E-state index in [-0.39, 0.29) is 38.2 Å². The Morgan fingerprint density at radius 2 is 1.42 bits per heavy atom. The van der Waals surface area contributed by atoms with Crippen LogP contribution in [0.3, 0.4) is 0 Å². The molecule has 1 heterocycles. The number of carbonyl (C=O) groups is 5. The number of aromatic amines is 1. The molecule has 50 heavy (non-hydrogen) atoms. The monoisotopic (exact) mass is 695 g/mol. The van der Waals surface area contributed by atoms with Gasteiger partial charge in [0.25, 0.3) is 0 Å². The second kappa shape index (κ2) is 18.9. The molecule has 0 aliphatic carbocycles. The molecule has 17 heteroatoms. The Balaban J connectivity index is 1.88. The van der Waals surface area contributed by atoms with Gasteiger partial charge in [-0.3, -0.25) is 24.2 Å². The number of carboxylic acid groups (broad SMARTS) is 1. The Labute approximate surface area is 288 Å². The first-order valence-electron chi connectivity index (χ1n) is 15.9. The summed E-state index contributed by atoms with van der Waals surface area (Å²) in [4.78, 5) is 72.4. The van der Waals surface area contributed by atoms with E-state index in [9.17, 15) is 39.3 Å². The van der Waals surface area contributed by atoms with Crippen LogP contribution in [0.25, 0.3) is 10.9 Å². The van der Waals surface area contributed by atoms with Crippen molar-refractivity contribution in [2.24, 2.45) is 22.2 Å². The third-order valence-corrected chi connectivity index (χ3v) is 7.80. The number of carboxylic acids is 1. The Kier molecular flexibility index (Phi) is 14.7. The van der Waals surface area contributed by atoms with Gasteiger partial charge in [-0.05, 0) is 37.0 Å². The van der Waals surface area contributed by atoms with Gasteiger partial charge in [-0.15, -0.1) is 0 Å². The molecule has 1 aromatic heterocycles. The fraction of sp³-hybridized carbons (Fsp3) is 0.394. The van der Waals surface area contributed by atoms with Crippen LogP contribution < -0.4 is 38.5 Å². The number of guanidine groups is 1. The van der Waals surface area contributed by atoms with Crippen LogP contribution in [0.4, 0.5) is 0 Å². The number of rotatable bonds is 19. The van der Waals surface area contributed by atoms with Crippen LogP contribution in [0.5, 0.6) is 0 Å². The maximum Gasteiger partial charge on any atom is 0.326 e. The van der Waals surface area contributed by atoms with Gasteiger partial charge in [0, 0.05) is 36.5 Å². The van der Waals surface area contributed by atoms with Crippen LogP contribution in [0.15, 0.2) is 65.8 Å². The van der Waals surface area contributed by atoms with E-state index in [2.05, 4.69) is 31.2 Å². The molecule has 0 saturated heterocycles. The topological polar surface area (TPSA) is 300 Å². The second-order valence-electron chi connectivity index (χ2n) is 11.7. The van der Waals surface area contributed by atoms with E-state index < -0.39 is 72.5 Å². The summed E-state index contributed by atoms with van der Waals surface area (Å²) >= 11 is 0. The molecule has 0 saturated carbocycles.